The number of nitrogens with zero attached hydrogens (tertiary/aromatic N) is 2. The highest BCUT2D eigenvalue weighted by Crippen LogP contribution is 2.35. The molecule has 1 aliphatic rings. The Bertz CT molecular complexity index is 954. The van der Waals surface area contributed by atoms with Gasteiger partial charge in [-0.3, -0.25) is 4.79 Å². The number of carbonyl (C=O) groups is 1. The molecule has 3 aromatic rings. The maximum Gasteiger partial charge on any atom is 0.232 e. The van der Waals surface area contributed by atoms with Gasteiger partial charge in [0.2, 0.25) is 17.6 Å². The Balaban J connectivity index is 1.61. The molecule has 6 nitrogen and oxygen atoms in total. The van der Waals surface area contributed by atoms with Gasteiger partial charge in [-0.15, -0.1) is 0 Å². The summed E-state index contributed by atoms with van der Waals surface area (Å²) in [7, 11) is 1.57. The van der Waals surface area contributed by atoms with Crippen LogP contribution in [0.1, 0.15) is 17.4 Å². The minimum Gasteiger partial charge on any atom is -0.496 e. The van der Waals surface area contributed by atoms with Crippen LogP contribution in [-0.4, -0.2) is 23.2 Å². The second-order valence-electron chi connectivity index (χ2n) is 5.69. The van der Waals surface area contributed by atoms with Crippen molar-refractivity contribution in [3.8, 4) is 17.1 Å². The Morgan fingerprint density at radius 2 is 2.12 bits per heavy atom. The second-order valence-corrected chi connectivity index (χ2v) is 5.69. The molecule has 0 radical (unpaired) electrons. The lowest BCUT2D eigenvalue weighted by molar-refractivity contribution is -0.117. The fourth-order valence-corrected chi connectivity index (χ4v) is 2.96. The minimum atomic E-state index is -0.485. The molecule has 1 unspecified atom stereocenters. The van der Waals surface area contributed by atoms with E-state index in [0.717, 1.165) is 5.56 Å². The maximum absolute atomic E-state index is 13.3. The molecule has 1 atom stereocenters. The molecule has 2 heterocycles. The predicted octanol–water partition coefficient (Wildman–Crippen LogP) is 3.16. The van der Waals surface area contributed by atoms with Crippen LogP contribution in [0.5, 0.6) is 5.75 Å². The molecule has 2 aromatic carbocycles. The Kier molecular flexibility index (Phi) is 3.68. The van der Waals surface area contributed by atoms with E-state index in [9.17, 15) is 9.18 Å². The summed E-state index contributed by atoms with van der Waals surface area (Å²) in [6, 6.07) is 11.6. The minimum absolute atomic E-state index is 0.211. The summed E-state index contributed by atoms with van der Waals surface area (Å²) < 4.78 is 23.9. The molecule has 4 rings (SSSR count). The van der Waals surface area contributed by atoms with Crippen molar-refractivity contribution in [1.82, 2.24) is 10.1 Å². The number of rotatable bonds is 4. The molecule has 0 bridgehead atoms. The molecule has 126 valence electrons. The van der Waals surface area contributed by atoms with Gasteiger partial charge in [-0.2, -0.15) is 4.98 Å². The molecular weight excluding hydrogens is 325 g/mol. The summed E-state index contributed by atoms with van der Waals surface area (Å²) >= 11 is 0. The number of ether oxygens (including phenoxy) is 1. The van der Waals surface area contributed by atoms with E-state index in [1.54, 1.807) is 19.2 Å². The topological polar surface area (TPSA) is 77.2 Å². The van der Waals surface area contributed by atoms with Crippen molar-refractivity contribution in [1.29, 1.82) is 0 Å². The van der Waals surface area contributed by atoms with Crippen molar-refractivity contribution in [3.63, 3.8) is 0 Å². The SMILES string of the molecule is COc1ccccc1-c1noc(CC2C(=O)Nc3cc(F)ccc32)n1. The number of amides is 1. The number of halogens is 1. The predicted molar refractivity (Wildman–Crippen MR) is 87.8 cm³/mol. The number of fused-ring (bicyclic) bond motifs is 1. The van der Waals surface area contributed by atoms with E-state index >= 15 is 0 Å². The van der Waals surface area contributed by atoms with Crippen molar-refractivity contribution in [3.05, 3.63) is 59.7 Å². The van der Waals surface area contributed by atoms with Gasteiger partial charge in [0.1, 0.15) is 11.6 Å². The van der Waals surface area contributed by atoms with Gasteiger partial charge in [0.15, 0.2) is 0 Å². The molecule has 1 N–H and O–H groups in total. The van der Waals surface area contributed by atoms with Gasteiger partial charge >= 0.3 is 0 Å². The molecule has 7 heteroatoms. The molecule has 1 aromatic heterocycles. The third kappa shape index (κ3) is 2.73. The summed E-state index contributed by atoms with van der Waals surface area (Å²) in [5.41, 5.74) is 1.92. The van der Waals surface area contributed by atoms with Crippen LogP contribution in [0.3, 0.4) is 0 Å². The van der Waals surface area contributed by atoms with Gasteiger partial charge in [-0.25, -0.2) is 4.39 Å². The number of hydrogen-bond donors (Lipinski definition) is 1. The zero-order valence-corrected chi connectivity index (χ0v) is 13.3. The first-order valence-electron chi connectivity index (χ1n) is 7.72. The summed E-state index contributed by atoms with van der Waals surface area (Å²) in [4.78, 5) is 16.5. The van der Waals surface area contributed by atoms with Crippen LogP contribution < -0.4 is 10.1 Å². The van der Waals surface area contributed by atoms with Crippen molar-refractivity contribution in [2.75, 3.05) is 12.4 Å². The highest BCUT2D eigenvalue weighted by molar-refractivity contribution is 6.02. The lowest BCUT2D eigenvalue weighted by Gasteiger charge is -2.05. The monoisotopic (exact) mass is 339 g/mol. The van der Waals surface area contributed by atoms with E-state index in [2.05, 4.69) is 15.5 Å². The molecule has 25 heavy (non-hydrogen) atoms. The van der Waals surface area contributed by atoms with E-state index in [-0.39, 0.29) is 12.3 Å². The van der Waals surface area contributed by atoms with Gasteiger partial charge in [-0.05, 0) is 29.8 Å². The fourth-order valence-electron chi connectivity index (χ4n) is 2.96. The van der Waals surface area contributed by atoms with Crippen LogP contribution in [0.2, 0.25) is 0 Å². The van der Waals surface area contributed by atoms with E-state index in [0.29, 0.717) is 28.7 Å². The van der Waals surface area contributed by atoms with E-state index in [4.69, 9.17) is 9.26 Å². The summed E-state index contributed by atoms with van der Waals surface area (Å²) in [5, 5.41) is 6.65. The lowest BCUT2D eigenvalue weighted by atomic mass is 9.97. The highest BCUT2D eigenvalue weighted by Gasteiger charge is 2.32. The van der Waals surface area contributed by atoms with Crippen LogP contribution >= 0.6 is 0 Å². The number of methoxy groups -OCH3 is 1. The number of carbonyl (C=O) groups excluding carboxylic acids is 1. The zero-order valence-electron chi connectivity index (χ0n) is 13.3. The molecule has 0 saturated carbocycles. The summed E-state index contributed by atoms with van der Waals surface area (Å²) in [6.45, 7) is 0. The van der Waals surface area contributed by atoms with E-state index in [1.807, 2.05) is 18.2 Å². The largest absolute Gasteiger partial charge is 0.496 e. The molecule has 1 amide bonds. The normalized spacial score (nSPS) is 15.8. The molecular formula is C18H14FN3O3. The van der Waals surface area contributed by atoms with Crippen LogP contribution in [0, 0.1) is 5.82 Å². The van der Waals surface area contributed by atoms with Crippen molar-refractivity contribution in [2.45, 2.75) is 12.3 Å². The molecule has 0 fully saturated rings. The van der Waals surface area contributed by atoms with Gasteiger partial charge in [0, 0.05) is 12.1 Å². The molecule has 0 aliphatic carbocycles. The van der Waals surface area contributed by atoms with Gasteiger partial charge in [-0.1, -0.05) is 23.4 Å². The number of nitrogens with one attached hydrogen (secondary N) is 1. The average molecular weight is 339 g/mol. The Labute approximate surface area is 142 Å². The number of para-hydroxylation sites is 1. The Morgan fingerprint density at radius 3 is 2.96 bits per heavy atom. The first-order valence-corrected chi connectivity index (χ1v) is 7.72. The van der Waals surface area contributed by atoms with Crippen molar-refractivity contribution >= 4 is 11.6 Å². The molecule has 0 spiro atoms. The highest BCUT2D eigenvalue weighted by atomic mass is 19.1. The average Bonchev–Trinajstić information content (AvgIpc) is 3.20. The fraction of sp³-hybridized carbons (Fsp3) is 0.167. The third-order valence-electron chi connectivity index (χ3n) is 4.16. The standard InChI is InChI=1S/C18H14FN3O3/c1-24-15-5-3-2-4-12(15)17-21-16(25-22-17)9-13-11-7-6-10(19)8-14(11)20-18(13)23/h2-8,13H,9H2,1H3,(H,20,23). The van der Waals surface area contributed by atoms with Gasteiger partial charge in [0.25, 0.3) is 0 Å². The third-order valence-corrected chi connectivity index (χ3v) is 4.16. The van der Waals surface area contributed by atoms with Crippen LogP contribution in [0.25, 0.3) is 11.4 Å². The lowest BCUT2D eigenvalue weighted by Crippen LogP contribution is -2.14. The zero-order chi connectivity index (χ0) is 17.4. The summed E-state index contributed by atoms with van der Waals surface area (Å²) in [6.07, 6.45) is 0.243. The van der Waals surface area contributed by atoms with Crippen LogP contribution in [0.15, 0.2) is 47.0 Å². The molecule has 1 aliphatic heterocycles. The van der Waals surface area contributed by atoms with Gasteiger partial charge < -0.3 is 14.6 Å². The van der Waals surface area contributed by atoms with Gasteiger partial charge in [0.05, 0.1) is 18.6 Å². The van der Waals surface area contributed by atoms with Crippen LogP contribution in [-0.2, 0) is 11.2 Å². The van der Waals surface area contributed by atoms with Crippen LogP contribution in [0.4, 0.5) is 10.1 Å². The maximum atomic E-state index is 13.3. The number of hydrogen-bond acceptors (Lipinski definition) is 5. The first-order chi connectivity index (χ1) is 12.2. The summed E-state index contributed by atoms with van der Waals surface area (Å²) in [5.74, 6) is 0.271. The quantitative estimate of drug-likeness (QED) is 0.790. The Morgan fingerprint density at radius 1 is 1.28 bits per heavy atom. The van der Waals surface area contributed by atoms with E-state index in [1.165, 1.54) is 12.1 Å². The van der Waals surface area contributed by atoms with Crippen molar-refractivity contribution in [2.24, 2.45) is 0 Å². The second kappa shape index (κ2) is 6.01. The Hall–Kier alpha value is -3.22. The first kappa shape index (κ1) is 15.3. The van der Waals surface area contributed by atoms with E-state index < -0.39 is 11.7 Å². The van der Waals surface area contributed by atoms with Crippen molar-refractivity contribution < 1.29 is 18.4 Å². The number of anilines is 1. The number of benzene rings is 2. The smallest absolute Gasteiger partial charge is 0.232 e. The number of aromatic nitrogens is 2. The molecule has 0 saturated heterocycles.